The van der Waals surface area contributed by atoms with E-state index in [0.717, 1.165) is 12.8 Å². The van der Waals surface area contributed by atoms with Crippen LogP contribution in [0.5, 0.6) is 0 Å². The number of nitrogens with zero attached hydrogens (tertiary/aromatic N) is 1. The van der Waals surface area contributed by atoms with Crippen LogP contribution in [-0.2, 0) is 9.59 Å². The van der Waals surface area contributed by atoms with Crippen molar-refractivity contribution in [2.45, 2.75) is 33.6 Å². The Morgan fingerprint density at radius 3 is 2.24 bits per heavy atom. The highest BCUT2D eigenvalue weighted by Gasteiger charge is 2.21. The number of carbonyl (C=O) groups is 2. The van der Waals surface area contributed by atoms with Crippen molar-refractivity contribution >= 4 is 11.8 Å². The molecule has 1 heterocycles. The van der Waals surface area contributed by atoms with Gasteiger partial charge in [0.1, 0.15) is 0 Å². The first kappa shape index (κ1) is 13.4. The van der Waals surface area contributed by atoms with E-state index in [1.54, 1.807) is 0 Å². The molecule has 0 aliphatic carbocycles. The van der Waals surface area contributed by atoms with Gasteiger partial charge in [0, 0.05) is 18.7 Å². The molecular formula is C14H19NO2. The summed E-state index contributed by atoms with van der Waals surface area (Å²) in [7, 11) is 0. The number of hydrogen-bond acceptors (Lipinski definition) is 2. The van der Waals surface area contributed by atoms with Gasteiger partial charge < -0.3 is 0 Å². The summed E-state index contributed by atoms with van der Waals surface area (Å²) in [5.41, 5.74) is 2.52. The van der Waals surface area contributed by atoms with Gasteiger partial charge in [-0.2, -0.15) is 0 Å². The molecule has 0 N–H and O–H groups in total. The summed E-state index contributed by atoms with van der Waals surface area (Å²) in [4.78, 5) is 23.8. The number of imide groups is 1. The first-order valence-corrected chi connectivity index (χ1v) is 5.83. The van der Waals surface area contributed by atoms with Crippen molar-refractivity contribution in [3.63, 3.8) is 0 Å². The van der Waals surface area contributed by atoms with Gasteiger partial charge >= 0.3 is 0 Å². The molecule has 0 bridgehead atoms. The van der Waals surface area contributed by atoms with Crippen LogP contribution >= 0.6 is 0 Å². The fourth-order valence-corrected chi connectivity index (χ4v) is 1.55. The molecule has 0 aromatic heterocycles. The Bertz CT molecular complexity index is 380. The lowest BCUT2D eigenvalue weighted by Crippen LogP contribution is -2.30. The lowest BCUT2D eigenvalue weighted by molar-refractivity contribution is -0.136. The van der Waals surface area contributed by atoms with Crippen LogP contribution in [0.15, 0.2) is 35.5 Å². The van der Waals surface area contributed by atoms with E-state index in [9.17, 15) is 9.59 Å². The van der Waals surface area contributed by atoms with Crippen molar-refractivity contribution < 1.29 is 9.59 Å². The number of carbonyl (C=O) groups excluding carboxylic acids is 2. The van der Waals surface area contributed by atoms with Crippen LogP contribution < -0.4 is 0 Å². The molecule has 0 aromatic rings. The molecule has 1 aliphatic heterocycles. The van der Waals surface area contributed by atoms with E-state index in [2.05, 4.69) is 19.9 Å². The minimum Gasteiger partial charge on any atom is -0.272 e. The fourth-order valence-electron chi connectivity index (χ4n) is 1.55. The van der Waals surface area contributed by atoms with Crippen LogP contribution in [0, 0.1) is 0 Å². The number of amides is 2. The maximum atomic E-state index is 11.3. The SMILES string of the molecule is CC(C)=CCC/C(C)=C/CN1C(=O)C=CC1=O. The van der Waals surface area contributed by atoms with Gasteiger partial charge in [-0.25, -0.2) is 0 Å². The number of allylic oxidation sites excluding steroid dienone is 3. The predicted octanol–water partition coefficient (Wildman–Crippen LogP) is 2.60. The van der Waals surface area contributed by atoms with Crippen molar-refractivity contribution in [1.82, 2.24) is 4.90 Å². The van der Waals surface area contributed by atoms with Gasteiger partial charge in [0.25, 0.3) is 11.8 Å². The third-order valence-electron chi connectivity index (χ3n) is 2.61. The van der Waals surface area contributed by atoms with E-state index in [4.69, 9.17) is 0 Å². The molecule has 0 fully saturated rings. The van der Waals surface area contributed by atoms with Crippen molar-refractivity contribution in [1.29, 1.82) is 0 Å². The van der Waals surface area contributed by atoms with Gasteiger partial charge in [0.15, 0.2) is 0 Å². The highest BCUT2D eigenvalue weighted by atomic mass is 16.2. The summed E-state index contributed by atoms with van der Waals surface area (Å²) in [6, 6.07) is 0. The third-order valence-corrected chi connectivity index (χ3v) is 2.61. The van der Waals surface area contributed by atoms with Crippen LogP contribution in [0.2, 0.25) is 0 Å². The van der Waals surface area contributed by atoms with Gasteiger partial charge in [0.2, 0.25) is 0 Å². The van der Waals surface area contributed by atoms with E-state index in [0.29, 0.717) is 6.54 Å². The molecule has 3 heteroatoms. The van der Waals surface area contributed by atoms with Crippen LogP contribution in [0.1, 0.15) is 33.6 Å². The largest absolute Gasteiger partial charge is 0.272 e. The van der Waals surface area contributed by atoms with Crippen molar-refractivity contribution in [3.8, 4) is 0 Å². The molecule has 0 saturated carbocycles. The van der Waals surface area contributed by atoms with Crippen molar-refractivity contribution in [2.24, 2.45) is 0 Å². The van der Waals surface area contributed by atoms with Crippen LogP contribution in [-0.4, -0.2) is 23.3 Å². The predicted molar refractivity (Wildman–Crippen MR) is 68.3 cm³/mol. The van der Waals surface area contributed by atoms with Gasteiger partial charge in [0.05, 0.1) is 0 Å². The second-order valence-electron chi connectivity index (χ2n) is 4.49. The Balaban J connectivity index is 2.40. The minimum absolute atomic E-state index is 0.219. The topological polar surface area (TPSA) is 37.4 Å². The van der Waals surface area contributed by atoms with Gasteiger partial charge in [-0.1, -0.05) is 23.3 Å². The molecule has 1 aliphatic rings. The third kappa shape index (κ3) is 4.39. The van der Waals surface area contributed by atoms with Crippen molar-refractivity contribution in [3.05, 3.63) is 35.5 Å². The van der Waals surface area contributed by atoms with Gasteiger partial charge in [-0.15, -0.1) is 0 Å². The molecule has 0 aromatic carbocycles. The number of hydrogen-bond donors (Lipinski definition) is 0. The van der Waals surface area contributed by atoms with Crippen molar-refractivity contribution in [2.75, 3.05) is 6.54 Å². The minimum atomic E-state index is -0.219. The molecular weight excluding hydrogens is 214 g/mol. The molecule has 0 unspecified atom stereocenters. The zero-order valence-corrected chi connectivity index (χ0v) is 10.7. The van der Waals surface area contributed by atoms with E-state index >= 15 is 0 Å². The lowest BCUT2D eigenvalue weighted by atomic mass is 10.1. The molecule has 0 spiro atoms. The van der Waals surface area contributed by atoms with E-state index in [-0.39, 0.29) is 11.8 Å². The first-order chi connectivity index (χ1) is 8.00. The van der Waals surface area contributed by atoms with E-state index < -0.39 is 0 Å². The maximum Gasteiger partial charge on any atom is 0.253 e. The van der Waals surface area contributed by atoms with E-state index in [1.165, 1.54) is 28.2 Å². The van der Waals surface area contributed by atoms with E-state index in [1.807, 2.05) is 13.0 Å². The summed E-state index contributed by atoms with van der Waals surface area (Å²) in [5, 5.41) is 0. The van der Waals surface area contributed by atoms with Crippen LogP contribution in [0.25, 0.3) is 0 Å². The normalized spacial score (nSPS) is 15.7. The highest BCUT2D eigenvalue weighted by molar-refractivity contribution is 6.12. The Morgan fingerprint density at radius 2 is 1.71 bits per heavy atom. The molecule has 0 saturated heterocycles. The first-order valence-electron chi connectivity index (χ1n) is 5.83. The molecule has 92 valence electrons. The summed E-state index contributed by atoms with van der Waals surface area (Å²) >= 11 is 0. The summed E-state index contributed by atoms with van der Waals surface area (Å²) < 4.78 is 0. The second kappa shape index (κ2) is 6.18. The molecule has 2 amide bonds. The maximum absolute atomic E-state index is 11.3. The summed E-state index contributed by atoms with van der Waals surface area (Å²) in [6.07, 6.45) is 8.73. The Kier molecular flexibility index (Phi) is 4.88. The highest BCUT2D eigenvalue weighted by Crippen LogP contribution is 2.09. The fraction of sp³-hybridized carbons (Fsp3) is 0.429. The average Bonchev–Trinajstić information content (AvgIpc) is 2.55. The lowest BCUT2D eigenvalue weighted by Gasteiger charge is -2.11. The average molecular weight is 233 g/mol. The Labute approximate surface area is 102 Å². The van der Waals surface area contributed by atoms with Gasteiger partial charge in [-0.3, -0.25) is 14.5 Å². The zero-order chi connectivity index (χ0) is 12.8. The molecule has 0 atom stereocenters. The zero-order valence-electron chi connectivity index (χ0n) is 10.7. The molecule has 1 rings (SSSR count). The van der Waals surface area contributed by atoms with Crippen LogP contribution in [0.3, 0.4) is 0 Å². The Morgan fingerprint density at radius 1 is 1.12 bits per heavy atom. The smallest absolute Gasteiger partial charge is 0.253 e. The summed E-state index contributed by atoms with van der Waals surface area (Å²) in [6.45, 7) is 6.56. The second-order valence-corrected chi connectivity index (χ2v) is 4.49. The number of rotatable bonds is 5. The summed E-state index contributed by atoms with van der Waals surface area (Å²) in [5.74, 6) is -0.438. The van der Waals surface area contributed by atoms with Gasteiger partial charge in [-0.05, 0) is 33.6 Å². The molecule has 3 nitrogen and oxygen atoms in total. The standard InChI is InChI=1S/C14H19NO2/c1-11(2)5-4-6-12(3)9-10-15-13(16)7-8-14(15)17/h5,7-9H,4,6,10H2,1-3H3/b12-9+. The molecule has 0 radical (unpaired) electrons. The van der Waals surface area contributed by atoms with Crippen LogP contribution in [0.4, 0.5) is 0 Å². The monoisotopic (exact) mass is 233 g/mol. The quantitative estimate of drug-likeness (QED) is 0.540. The molecule has 17 heavy (non-hydrogen) atoms. The Hall–Kier alpha value is -1.64.